The van der Waals surface area contributed by atoms with Gasteiger partial charge in [0.15, 0.2) is 0 Å². The van der Waals surface area contributed by atoms with Gasteiger partial charge >= 0.3 is 5.97 Å². The van der Waals surface area contributed by atoms with E-state index in [0.717, 1.165) is 42.7 Å². The van der Waals surface area contributed by atoms with Crippen LogP contribution in [0.4, 0.5) is 0 Å². The highest BCUT2D eigenvalue weighted by molar-refractivity contribution is 5.89. The highest BCUT2D eigenvalue weighted by atomic mass is 16.5. The summed E-state index contributed by atoms with van der Waals surface area (Å²) >= 11 is 0. The summed E-state index contributed by atoms with van der Waals surface area (Å²) in [6.07, 6.45) is 13.0. The number of nitrogens with zero attached hydrogens (tertiary/aromatic N) is 2. The summed E-state index contributed by atoms with van der Waals surface area (Å²) in [7, 11) is 3.68. The van der Waals surface area contributed by atoms with E-state index in [-0.39, 0.29) is 11.9 Å². The van der Waals surface area contributed by atoms with E-state index in [2.05, 4.69) is 11.9 Å². The van der Waals surface area contributed by atoms with Crippen LogP contribution in [-0.4, -0.2) is 55.0 Å². The Labute approximate surface area is 198 Å². The van der Waals surface area contributed by atoms with Crippen LogP contribution in [0.1, 0.15) is 80.1 Å². The van der Waals surface area contributed by atoms with Crippen LogP contribution >= 0.6 is 0 Å². The predicted octanol–water partition coefficient (Wildman–Crippen LogP) is 4.89. The van der Waals surface area contributed by atoms with Crippen LogP contribution in [0.2, 0.25) is 0 Å². The Morgan fingerprint density at radius 2 is 1.70 bits per heavy atom. The van der Waals surface area contributed by atoms with Gasteiger partial charge in [0.2, 0.25) is 5.91 Å². The van der Waals surface area contributed by atoms with Gasteiger partial charge in [-0.05, 0) is 112 Å². The Kier molecular flexibility index (Phi) is 6.52. The molecule has 1 aliphatic heterocycles. The minimum Gasteiger partial charge on any atom is -0.465 e. The SMILES string of the molecule is COC(=O)c1ccc(CN2CC[C@H](N(C)CCC34CC5CC(CC(C5)C3)C4)CCC2=O)cc1. The number of hydrogen-bond acceptors (Lipinski definition) is 4. The van der Waals surface area contributed by atoms with E-state index in [0.29, 0.717) is 30.0 Å². The van der Waals surface area contributed by atoms with Crippen LogP contribution < -0.4 is 0 Å². The summed E-state index contributed by atoms with van der Waals surface area (Å²) in [6.45, 7) is 2.61. The summed E-state index contributed by atoms with van der Waals surface area (Å²) in [6, 6.07) is 7.92. The zero-order valence-electron chi connectivity index (χ0n) is 20.4. The average Bonchev–Trinajstić information content (AvgIpc) is 2.98. The van der Waals surface area contributed by atoms with E-state index in [1.165, 1.54) is 58.6 Å². The highest BCUT2D eigenvalue weighted by Crippen LogP contribution is 2.61. The Bertz CT molecular complexity index is 829. The predicted molar refractivity (Wildman–Crippen MR) is 129 cm³/mol. The molecular weight excluding hydrogens is 412 g/mol. The van der Waals surface area contributed by atoms with Gasteiger partial charge in [0.1, 0.15) is 0 Å². The molecule has 1 aromatic carbocycles. The van der Waals surface area contributed by atoms with Crippen molar-refractivity contribution in [2.45, 2.75) is 76.8 Å². The third-order valence-corrected chi connectivity index (χ3v) is 9.31. The van der Waals surface area contributed by atoms with Crippen molar-refractivity contribution >= 4 is 11.9 Å². The standard InChI is InChI=1S/C28H40N2O3/c1-29(12-10-28-16-21-13-22(17-28)15-23(14-21)18-28)25-7-8-26(31)30(11-9-25)19-20-3-5-24(6-4-20)27(32)33-2/h3-6,21-23,25H,7-19H2,1-2H3/t21?,22?,23?,25-,28?/m1/s1. The van der Waals surface area contributed by atoms with Gasteiger partial charge in [-0.25, -0.2) is 4.79 Å². The van der Waals surface area contributed by atoms with E-state index >= 15 is 0 Å². The fourth-order valence-electron chi connectivity index (χ4n) is 7.91. The molecule has 4 saturated carbocycles. The first-order chi connectivity index (χ1) is 15.9. The molecule has 0 radical (unpaired) electrons. The molecule has 5 nitrogen and oxygen atoms in total. The van der Waals surface area contributed by atoms with Gasteiger partial charge in [0.05, 0.1) is 12.7 Å². The molecule has 0 spiro atoms. The summed E-state index contributed by atoms with van der Waals surface area (Å²) in [5.41, 5.74) is 2.24. The maximum absolute atomic E-state index is 12.8. The fraction of sp³-hybridized carbons (Fsp3) is 0.714. The van der Waals surface area contributed by atoms with Crippen molar-refractivity contribution in [1.82, 2.24) is 9.80 Å². The number of carbonyl (C=O) groups is 2. The molecule has 5 fully saturated rings. The molecule has 5 aliphatic rings. The van der Waals surface area contributed by atoms with Crippen molar-refractivity contribution in [2.75, 3.05) is 27.2 Å². The fourth-order valence-corrected chi connectivity index (χ4v) is 7.91. The number of methoxy groups -OCH3 is 1. The lowest BCUT2D eigenvalue weighted by molar-refractivity contribution is -0.131. The van der Waals surface area contributed by atoms with E-state index < -0.39 is 0 Å². The van der Waals surface area contributed by atoms with Crippen LogP contribution in [0, 0.1) is 23.2 Å². The molecule has 1 atom stereocenters. The van der Waals surface area contributed by atoms with Crippen molar-refractivity contribution in [1.29, 1.82) is 0 Å². The monoisotopic (exact) mass is 452 g/mol. The zero-order valence-corrected chi connectivity index (χ0v) is 20.4. The molecule has 0 aromatic heterocycles. The maximum Gasteiger partial charge on any atom is 0.337 e. The summed E-state index contributed by atoms with van der Waals surface area (Å²) in [5, 5.41) is 0. The number of carbonyl (C=O) groups excluding carboxylic acids is 2. The quantitative estimate of drug-likeness (QED) is 0.553. The van der Waals surface area contributed by atoms with E-state index in [4.69, 9.17) is 4.74 Å². The molecule has 6 rings (SSSR count). The van der Waals surface area contributed by atoms with Crippen molar-refractivity contribution < 1.29 is 14.3 Å². The molecule has 33 heavy (non-hydrogen) atoms. The van der Waals surface area contributed by atoms with Crippen LogP contribution in [-0.2, 0) is 16.1 Å². The van der Waals surface area contributed by atoms with E-state index in [1.807, 2.05) is 17.0 Å². The number of esters is 1. The highest BCUT2D eigenvalue weighted by Gasteiger charge is 2.50. The first kappa shape index (κ1) is 22.9. The third-order valence-electron chi connectivity index (χ3n) is 9.31. The molecule has 0 unspecified atom stereocenters. The van der Waals surface area contributed by atoms with Crippen molar-refractivity contribution in [3.05, 3.63) is 35.4 Å². The van der Waals surface area contributed by atoms with Gasteiger partial charge in [-0.1, -0.05) is 12.1 Å². The number of benzene rings is 1. The number of rotatable bonds is 7. The zero-order chi connectivity index (χ0) is 23.0. The number of amides is 1. The second kappa shape index (κ2) is 9.40. The molecule has 4 aliphatic carbocycles. The molecule has 0 N–H and O–H groups in total. The van der Waals surface area contributed by atoms with Crippen LogP contribution in [0.3, 0.4) is 0 Å². The summed E-state index contributed by atoms with van der Waals surface area (Å²) in [4.78, 5) is 29.1. The first-order valence-electron chi connectivity index (χ1n) is 13.1. The summed E-state index contributed by atoms with van der Waals surface area (Å²) in [5.74, 6) is 2.99. The Morgan fingerprint density at radius 3 is 2.30 bits per heavy atom. The van der Waals surface area contributed by atoms with Crippen LogP contribution in [0.15, 0.2) is 24.3 Å². The smallest absolute Gasteiger partial charge is 0.337 e. The molecule has 5 heteroatoms. The summed E-state index contributed by atoms with van der Waals surface area (Å²) < 4.78 is 4.77. The van der Waals surface area contributed by atoms with E-state index in [1.54, 1.807) is 12.1 Å². The third kappa shape index (κ3) is 4.99. The minimum absolute atomic E-state index is 0.254. The van der Waals surface area contributed by atoms with Crippen molar-refractivity contribution in [3.8, 4) is 0 Å². The second-order valence-electron chi connectivity index (χ2n) is 11.6. The lowest BCUT2D eigenvalue weighted by Crippen LogP contribution is -2.47. The molecule has 1 saturated heterocycles. The van der Waals surface area contributed by atoms with E-state index in [9.17, 15) is 9.59 Å². The van der Waals surface area contributed by atoms with Gasteiger partial charge in [-0.3, -0.25) is 4.79 Å². The lowest BCUT2D eigenvalue weighted by Gasteiger charge is -2.57. The number of ether oxygens (including phenoxy) is 1. The van der Waals surface area contributed by atoms with Gasteiger partial charge in [-0.2, -0.15) is 0 Å². The van der Waals surface area contributed by atoms with Gasteiger partial charge in [-0.15, -0.1) is 0 Å². The Morgan fingerprint density at radius 1 is 1.06 bits per heavy atom. The normalized spacial score (nSPS) is 33.4. The topological polar surface area (TPSA) is 49.9 Å². The molecule has 1 aromatic rings. The van der Waals surface area contributed by atoms with Gasteiger partial charge < -0.3 is 14.5 Å². The number of likely N-dealkylation sites (tertiary alicyclic amines) is 1. The molecule has 1 amide bonds. The second-order valence-corrected chi connectivity index (χ2v) is 11.6. The van der Waals surface area contributed by atoms with Gasteiger partial charge in [0, 0.05) is 25.6 Å². The van der Waals surface area contributed by atoms with Crippen LogP contribution in [0.25, 0.3) is 0 Å². The lowest BCUT2D eigenvalue weighted by atomic mass is 9.49. The molecular formula is C28H40N2O3. The first-order valence-corrected chi connectivity index (χ1v) is 13.1. The number of hydrogen-bond donors (Lipinski definition) is 0. The molecule has 4 bridgehead atoms. The molecule has 180 valence electrons. The molecule has 1 heterocycles. The Balaban J connectivity index is 1.13. The Hall–Kier alpha value is -1.88. The van der Waals surface area contributed by atoms with Gasteiger partial charge in [0.25, 0.3) is 0 Å². The average molecular weight is 453 g/mol. The maximum atomic E-state index is 12.8. The van der Waals surface area contributed by atoms with Crippen LogP contribution in [0.5, 0.6) is 0 Å². The minimum atomic E-state index is -0.327. The largest absolute Gasteiger partial charge is 0.465 e. The van der Waals surface area contributed by atoms with Crippen molar-refractivity contribution in [3.63, 3.8) is 0 Å². The van der Waals surface area contributed by atoms with Crippen molar-refractivity contribution in [2.24, 2.45) is 23.2 Å².